The molecule has 0 fully saturated rings. The standard InChI is InChI=1S/C30H33FN4O2S/c1-5-17-33-34-21-24-12-13-25(27(18-24)30(37)32-20-23-9-7-6-8-10-23)14-16-29(36)35-38(3,4)26-15-11-22(2)28(31)19-26/h5-13,15,17-19,34H,1,3-4,14,16,20-21H2,2H3,(H,32,37)(H,35,36)/b33-17-. The molecule has 0 atom stereocenters. The van der Waals surface area contributed by atoms with Gasteiger partial charge in [0.05, 0.1) is 6.54 Å². The molecular weight excluding hydrogens is 499 g/mol. The highest BCUT2D eigenvalue weighted by Gasteiger charge is 2.15. The van der Waals surface area contributed by atoms with E-state index >= 15 is 0 Å². The quantitative estimate of drug-likeness (QED) is 0.174. The molecule has 0 aliphatic heterocycles. The second-order valence-electron chi connectivity index (χ2n) is 8.83. The van der Waals surface area contributed by atoms with Crippen LogP contribution in [0.4, 0.5) is 4.39 Å². The molecule has 198 valence electrons. The van der Waals surface area contributed by atoms with Crippen molar-refractivity contribution in [3.63, 3.8) is 0 Å². The molecule has 38 heavy (non-hydrogen) atoms. The Balaban J connectivity index is 1.73. The molecule has 3 aromatic rings. The minimum Gasteiger partial charge on any atom is -0.348 e. The number of rotatable bonds is 12. The zero-order valence-electron chi connectivity index (χ0n) is 21.5. The number of halogens is 1. The number of allylic oxidation sites excluding steroid dienone is 1. The van der Waals surface area contributed by atoms with Gasteiger partial charge in [0, 0.05) is 29.6 Å². The van der Waals surface area contributed by atoms with Gasteiger partial charge in [-0.3, -0.25) is 9.59 Å². The Hall–Kier alpha value is -4.17. The average molecular weight is 533 g/mol. The number of hydrazone groups is 1. The Morgan fingerprint density at radius 3 is 2.47 bits per heavy atom. The van der Waals surface area contributed by atoms with Crippen LogP contribution in [0.15, 0.2) is 89.4 Å². The summed E-state index contributed by atoms with van der Waals surface area (Å²) in [6.07, 6.45) is 3.56. The average Bonchev–Trinajstić information content (AvgIpc) is 2.90. The van der Waals surface area contributed by atoms with Gasteiger partial charge in [0.25, 0.3) is 5.91 Å². The maximum absolute atomic E-state index is 14.0. The van der Waals surface area contributed by atoms with Gasteiger partial charge in [0.1, 0.15) is 5.82 Å². The van der Waals surface area contributed by atoms with Crippen LogP contribution in [0, 0.1) is 12.7 Å². The van der Waals surface area contributed by atoms with Gasteiger partial charge in [-0.1, -0.05) is 66.9 Å². The third-order valence-corrected chi connectivity index (χ3v) is 7.57. The van der Waals surface area contributed by atoms with Gasteiger partial charge in [-0.25, -0.2) is 4.39 Å². The monoisotopic (exact) mass is 532 g/mol. The Morgan fingerprint density at radius 2 is 1.76 bits per heavy atom. The van der Waals surface area contributed by atoms with Crippen molar-refractivity contribution in [3.05, 3.63) is 113 Å². The van der Waals surface area contributed by atoms with Crippen molar-refractivity contribution >= 4 is 39.2 Å². The van der Waals surface area contributed by atoms with E-state index in [1.54, 1.807) is 37.4 Å². The summed E-state index contributed by atoms with van der Waals surface area (Å²) in [6.45, 7) is 6.06. The highest BCUT2D eigenvalue weighted by Crippen LogP contribution is 2.29. The summed E-state index contributed by atoms with van der Waals surface area (Å²) < 4.78 is 16.9. The summed E-state index contributed by atoms with van der Waals surface area (Å²) in [5, 5.41) is 6.97. The van der Waals surface area contributed by atoms with Crippen LogP contribution in [-0.2, 0) is 24.3 Å². The van der Waals surface area contributed by atoms with Crippen LogP contribution >= 0.6 is 9.39 Å². The molecule has 3 rings (SSSR count). The number of hydrogen-bond acceptors (Lipinski definition) is 4. The summed E-state index contributed by atoms with van der Waals surface area (Å²) in [4.78, 5) is 26.5. The van der Waals surface area contributed by atoms with Crippen molar-refractivity contribution in [1.82, 2.24) is 15.5 Å². The minimum atomic E-state index is -2.24. The van der Waals surface area contributed by atoms with Gasteiger partial charge < -0.3 is 15.5 Å². The number of nitrogens with zero attached hydrogens (tertiary/aromatic N) is 1. The minimum absolute atomic E-state index is 0.119. The van der Waals surface area contributed by atoms with E-state index < -0.39 is 9.39 Å². The molecular formula is C30H33FN4O2S. The Bertz CT molecular complexity index is 1430. The van der Waals surface area contributed by atoms with Gasteiger partial charge in [-0.05, 0) is 59.9 Å². The van der Waals surface area contributed by atoms with Crippen molar-refractivity contribution < 1.29 is 14.0 Å². The smallest absolute Gasteiger partial charge is 0.251 e. The molecule has 0 aromatic heterocycles. The van der Waals surface area contributed by atoms with Gasteiger partial charge in [-0.2, -0.15) is 5.10 Å². The summed E-state index contributed by atoms with van der Waals surface area (Å²) in [7, 11) is -2.24. The maximum atomic E-state index is 14.0. The molecule has 0 saturated carbocycles. The zero-order chi connectivity index (χ0) is 27.5. The molecule has 0 saturated heterocycles. The molecule has 8 heteroatoms. The predicted octanol–water partition coefficient (Wildman–Crippen LogP) is 5.02. The summed E-state index contributed by atoms with van der Waals surface area (Å²) in [6, 6.07) is 19.9. The first kappa shape index (κ1) is 28.4. The molecule has 0 spiro atoms. The number of amides is 2. The zero-order valence-corrected chi connectivity index (χ0v) is 22.3. The number of nitrogens with one attached hydrogen (secondary N) is 3. The highest BCUT2D eigenvalue weighted by molar-refractivity contribution is 8.26. The van der Waals surface area contributed by atoms with Crippen LogP contribution < -0.4 is 15.5 Å². The summed E-state index contributed by atoms with van der Waals surface area (Å²) in [5.74, 6) is 7.22. The lowest BCUT2D eigenvalue weighted by Gasteiger charge is -2.18. The topological polar surface area (TPSA) is 82.6 Å². The lowest BCUT2D eigenvalue weighted by atomic mass is 9.99. The van der Waals surface area contributed by atoms with Crippen molar-refractivity contribution in [3.8, 4) is 0 Å². The fraction of sp³-hybridized carbons (Fsp3) is 0.167. The molecule has 3 N–H and O–H groups in total. The lowest BCUT2D eigenvalue weighted by Crippen LogP contribution is -2.25. The number of benzene rings is 3. The first-order valence-electron chi connectivity index (χ1n) is 12.1. The van der Waals surface area contributed by atoms with Crippen LogP contribution in [0.1, 0.15) is 39.0 Å². The van der Waals surface area contributed by atoms with Crippen LogP contribution in [0.3, 0.4) is 0 Å². The number of aryl methyl sites for hydroxylation is 2. The van der Waals surface area contributed by atoms with Gasteiger partial charge in [0.15, 0.2) is 0 Å². The number of hydrogen-bond donors (Lipinski definition) is 3. The fourth-order valence-corrected chi connectivity index (χ4v) is 4.98. The van der Waals surface area contributed by atoms with Gasteiger partial charge >= 0.3 is 0 Å². The van der Waals surface area contributed by atoms with E-state index in [1.807, 2.05) is 42.5 Å². The van der Waals surface area contributed by atoms with Crippen LogP contribution in [0.2, 0.25) is 0 Å². The van der Waals surface area contributed by atoms with Gasteiger partial charge in [0.2, 0.25) is 5.91 Å². The van der Waals surface area contributed by atoms with Crippen molar-refractivity contribution in [2.24, 2.45) is 5.10 Å². The molecule has 0 radical (unpaired) electrons. The largest absolute Gasteiger partial charge is 0.348 e. The molecule has 3 aromatic carbocycles. The molecule has 0 aliphatic carbocycles. The maximum Gasteiger partial charge on any atom is 0.251 e. The third kappa shape index (κ3) is 8.18. The van der Waals surface area contributed by atoms with Gasteiger partial charge in [-0.15, -0.1) is 9.39 Å². The number of carbonyl (C=O) groups is 2. The molecule has 0 heterocycles. The first-order chi connectivity index (χ1) is 18.2. The van der Waals surface area contributed by atoms with E-state index in [9.17, 15) is 14.0 Å². The van der Waals surface area contributed by atoms with Crippen molar-refractivity contribution in [2.45, 2.75) is 37.8 Å². The summed E-state index contributed by atoms with van der Waals surface area (Å²) >= 11 is 0. The van der Waals surface area contributed by atoms with E-state index in [2.05, 4.69) is 38.9 Å². The molecule has 6 nitrogen and oxygen atoms in total. The van der Waals surface area contributed by atoms with E-state index in [4.69, 9.17) is 0 Å². The van der Waals surface area contributed by atoms with Crippen molar-refractivity contribution in [2.75, 3.05) is 0 Å². The first-order valence-corrected chi connectivity index (χ1v) is 14.0. The number of carbonyl (C=O) groups excluding carboxylic acids is 2. The van der Waals surface area contributed by atoms with Crippen LogP contribution in [-0.4, -0.2) is 29.8 Å². The fourth-order valence-electron chi connectivity index (χ4n) is 3.67. The lowest BCUT2D eigenvalue weighted by molar-refractivity contribution is -0.119. The van der Waals surface area contributed by atoms with Crippen LogP contribution in [0.25, 0.3) is 0 Å². The van der Waals surface area contributed by atoms with E-state index in [-0.39, 0.29) is 24.1 Å². The summed E-state index contributed by atoms with van der Waals surface area (Å²) in [5.41, 5.74) is 6.50. The van der Waals surface area contributed by atoms with E-state index in [0.717, 1.165) is 16.7 Å². The highest BCUT2D eigenvalue weighted by atomic mass is 32.2. The molecule has 2 amide bonds. The second kappa shape index (κ2) is 13.4. The van der Waals surface area contributed by atoms with Crippen molar-refractivity contribution in [1.29, 1.82) is 0 Å². The second-order valence-corrected chi connectivity index (χ2v) is 11.3. The normalized spacial score (nSPS) is 11.2. The SMILES string of the molecule is C=C/C=N\NCc1ccc(CCC(=O)NS(=C)(=C)c2ccc(C)c(F)c2)c(C(=O)NCc2ccccc2)c1. The third-order valence-electron chi connectivity index (χ3n) is 5.79. The van der Waals surface area contributed by atoms with E-state index in [0.29, 0.717) is 35.5 Å². The predicted molar refractivity (Wildman–Crippen MR) is 157 cm³/mol. The molecule has 0 unspecified atom stereocenters. The molecule has 0 aliphatic rings. The molecule has 0 bridgehead atoms. The van der Waals surface area contributed by atoms with Crippen LogP contribution in [0.5, 0.6) is 0 Å². The Kier molecular flexibility index (Phi) is 10.0. The van der Waals surface area contributed by atoms with E-state index in [1.165, 1.54) is 6.07 Å². The Morgan fingerprint density at radius 1 is 1.00 bits per heavy atom. The Labute approximate surface area is 224 Å².